The standard InChI is InChI=1S/C10H19N3O/c1-10(12,7-11)8-13(2)6-9-4-3-5-14-9/h9H,3-6,8,12H2,1-2H3. The first-order valence-electron chi connectivity index (χ1n) is 5.04. The second kappa shape index (κ2) is 4.74. The number of hydrogen-bond donors (Lipinski definition) is 1. The van der Waals surface area contributed by atoms with Crippen LogP contribution >= 0.6 is 0 Å². The topological polar surface area (TPSA) is 62.3 Å². The molecule has 1 heterocycles. The number of likely N-dealkylation sites (N-methyl/N-ethyl adjacent to an activating group) is 1. The van der Waals surface area contributed by atoms with Crippen molar-refractivity contribution >= 4 is 0 Å². The van der Waals surface area contributed by atoms with Gasteiger partial charge in [-0.2, -0.15) is 5.26 Å². The van der Waals surface area contributed by atoms with E-state index in [2.05, 4.69) is 11.0 Å². The third-order valence-electron chi connectivity index (χ3n) is 2.39. The molecule has 2 unspecified atom stereocenters. The lowest BCUT2D eigenvalue weighted by Gasteiger charge is -2.26. The Morgan fingerprint density at radius 1 is 1.71 bits per heavy atom. The molecule has 14 heavy (non-hydrogen) atoms. The summed E-state index contributed by atoms with van der Waals surface area (Å²) in [6.45, 7) is 4.08. The lowest BCUT2D eigenvalue weighted by Crippen LogP contribution is -2.47. The molecule has 4 heteroatoms. The van der Waals surface area contributed by atoms with Crippen molar-refractivity contribution in [1.82, 2.24) is 4.90 Å². The van der Waals surface area contributed by atoms with E-state index in [1.807, 2.05) is 7.05 Å². The van der Waals surface area contributed by atoms with Crippen molar-refractivity contribution in [3.05, 3.63) is 0 Å². The molecule has 0 amide bonds. The highest BCUT2D eigenvalue weighted by Crippen LogP contribution is 2.13. The van der Waals surface area contributed by atoms with Gasteiger partial charge in [0.15, 0.2) is 0 Å². The number of rotatable bonds is 4. The van der Waals surface area contributed by atoms with Crippen molar-refractivity contribution in [2.75, 3.05) is 26.7 Å². The van der Waals surface area contributed by atoms with Crippen LogP contribution in [0.2, 0.25) is 0 Å². The van der Waals surface area contributed by atoms with Crippen LogP contribution in [0.1, 0.15) is 19.8 Å². The molecule has 0 saturated carbocycles. The lowest BCUT2D eigenvalue weighted by molar-refractivity contribution is 0.0779. The molecule has 0 aromatic carbocycles. The average Bonchev–Trinajstić information content (AvgIpc) is 2.55. The van der Waals surface area contributed by atoms with E-state index in [4.69, 9.17) is 15.7 Å². The van der Waals surface area contributed by atoms with E-state index in [9.17, 15) is 0 Å². The molecule has 0 spiro atoms. The molecule has 1 rings (SSSR count). The molecule has 1 aliphatic heterocycles. The van der Waals surface area contributed by atoms with Gasteiger partial charge in [-0.05, 0) is 26.8 Å². The molecule has 1 saturated heterocycles. The van der Waals surface area contributed by atoms with Gasteiger partial charge in [-0.15, -0.1) is 0 Å². The Bertz CT molecular complexity index is 216. The van der Waals surface area contributed by atoms with Gasteiger partial charge in [0.2, 0.25) is 0 Å². The summed E-state index contributed by atoms with van der Waals surface area (Å²) in [6.07, 6.45) is 2.60. The van der Waals surface area contributed by atoms with E-state index in [1.165, 1.54) is 0 Å². The third kappa shape index (κ3) is 3.62. The summed E-state index contributed by atoms with van der Waals surface area (Å²) in [5.41, 5.74) is 4.99. The highest BCUT2D eigenvalue weighted by molar-refractivity contribution is 5.02. The number of hydrogen-bond acceptors (Lipinski definition) is 4. The zero-order valence-electron chi connectivity index (χ0n) is 8.99. The monoisotopic (exact) mass is 197 g/mol. The summed E-state index contributed by atoms with van der Waals surface area (Å²) < 4.78 is 5.51. The van der Waals surface area contributed by atoms with Crippen molar-refractivity contribution in [3.63, 3.8) is 0 Å². The van der Waals surface area contributed by atoms with Crippen molar-refractivity contribution in [1.29, 1.82) is 5.26 Å². The smallest absolute Gasteiger partial charge is 0.114 e. The Morgan fingerprint density at radius 2 is 2.43 bits per heavy atom. The van der Waals surface area contributed by atoms with Gasteiger partial charge >= 0.3 is 0 Å². The van der Waals surface area contributed by atoms with Crippen LogP contribution in [0.4, 0.5) is 0 Å². The molecule has 0 radical (unpaired) electrons. The highest BCUT2D eigenvalue weighted by atomic mass is 16.5. The Labute approximate surface area is 85.6 Å². The first-order valence-corrected chi connectivity index (χ1v) is 5.04. The summed E-state index contributed by atoms with van der Waals surface area (Å²) >= 11 is 0. The van der Waals surface area contributed by atoms with Crippen molar-refractivity contribution in [2.24, 2.45) is 5.73 Å². The Hall–Kier alpha value is -0.630. The molecule has 1 fully saturated rings. The summed E-state index contributed by atoms with van der Waals surface area (Å²) in [7, 11) is 1.98. The molecule has 2 N–H and O–H groups in total. The molecule has 0 bridgehead atoms. The maximum absolute atomic E-state index is 8.77. The van der Waals surface area contributed by atoms with Crippen LogP contribution in [0.15, 0.2) is 0 Å². The predicted molar refractivity (Wildman–Crippen MR) is 54.7 cm³/mol. The van der Waals surface area contributed by atoms with E-state index in [1.54, 1.807) is 6.92 Å². The van der Waals surface area contributed by atoms with Crippen LogP contribution in [0.25, 0.3) is 0 Å². The maximum atomic E-state index is 8.77. The Kier molecular flexibility index (Phi) is 3.87. The minimum absolute atomic E-state index is 0.328. The fourth-order valence-electron chi connectivity index (χ4n) is 1.80. The van der Waals surface area contributed by atoms with Crippen LogP contribution < -0.4 is 5.73 Å². The van der Waals surface area contributed by atoms with Gasteiger partial charge in [0.1, 0.15) is 5.54 Å². The Balaban J connectivity index is 2.28. The van der Waals surface area contributed by atoms with Gasteiger partial charge in [0.05, 0.1) is 12.2 Å². The van der Waals surface area contributed by atoms with Crippen LogP contribution in [0.5, 0.6) is 0 Å². The molecule has 0 aliphatic carbocycles. The van der Waals surface area contributed by atoms with E-state index in [0.717, 1.165) is 26.0 Å². The van der Waals surface area contributed by atoms with Gasteiger partial charge in [-0.3, -0.25) is 0 Å². The first kappa shape index (κ1) is 11.4. The molecule has 0 aromatic rings. The second-order valence-corrected chi connectivity index (χ2v) is 4.36. The lowest BCUT2D eigenvalue weighted by atomic mass is 10.1. The fraction of sp³-hybridized carbons (Fsp3) is 0.900. The second-order valence-electron chi connectivity index (χ2n) is 4.36. The number of nitriles is 1. The summed E-state index contributed by atoms with van der Waals surface area (Å²) in [4.78, 5) is 2.07. The maximum Gasteiger partial charge on any atom is 0.114 e. The minimum atomic E-state index is -0.757. The van der Waals surface area contributed by atoms with Crippen molar-refractivity contribution in [2.45, 2.75) is 31.4 Å². The van der Waals surface area contributed by atoms with E-state index in [-0.39, 0.29) is 0 Å². The fourth-order valence-corrected chi connectivity index (χ4v) is 1.80. The third-order valence-corrected chi connectivity index (χ3v) is 2.39. The van der Waals surface area contributed by atoms with Gasteiger partial charge < -0.3 is 15.4 Å². The molecule has 2 atom stereocenters. The largest absolute Gasteiger partial charge is 0.377 e. The van der Waals surface area contributed by atoms with Crippen molar-refractivity contribution < 1.29 is 4.74 Å². The molecule has 80 valence electrons. The van der Waals surface area contributed by atoms with Crippen molar-refractivity contribution in [3.8, 4) is 6.07 Å². The summed E-state index contributed by atoms with van der Waals surface area (Å²) in [5.74, 6) is 0. The molecule has 1 aliphatic rings. The highest BCUT2D eigenvalue weighted by Gasteiger charge is 2.23. The van der Waals surface area contributed by atoms with Crippen LogP contribution in [-0.2, 0) is 4.74 Å². The zero-order chi connectivity index (χ0) is 10.6. The molecule has 0 aromatic heterocycles. The number of ether oxygens (including phenoxy) is 1. The van der Waals surface area contributed by atoms with Gasteiger partial charge in [0, 0.05) is 19.7 Å². The van der Waals surface area contributed by atoms with Crippen LogP contribution in [0, 0.1) is 11.3 Å². The quantitative estimate of drug-likeness (QED) is 0.706. The zero-order valence-corrected chi connectivity index (χ0v) is 8.99. The van der Waals surface area contributed by atoms with Gasteiger partial charge in [-0.1, -0.05) is 0 Å². The molecular weight excluding hydrogens is 178 g/mol. The molecular formula is C10H19N3O. The summed E-state index contributed by atoms with van der Waals surface area (Å²) in [6, 6.07) is 2.09. The molecule has 4 nitrogen and oxygen atoms in total. The van der Waals surface area contributed by atoms with Gasteiger partial charge in [0.25, 0.3) is 0 Å². The van der Waals surface area contributed by atoms with Gasteiger partial charge in [-0.25, -0.2) is 0 Å². The van der Waals surface area contributed by atoms with E-state index < -0.39 is 5.54 Å². The normalized spacial score (nSPS) is 26.1. The predicted octanol–water partition coefficient (Wildman–Crippen LogP) is 0.338. The Morgan fingerprint density at radius 3 is 2.93 bits per heavy atom. The number of nitrogens with two attached hydrogens (primary N) is 1. The van der Waals surface area contributed by atoms with E-state index >= 15 is 0 Å². The minimum Gasteiger partial charge on any atom is -0.377 e. The van der Waals surface area contributed by atoms with E-state index in [0.29, 0.717) is 12.6 Å². The van der Waals surface area contributed by atoms with Crippen LogP contribution in [0.3, 0.4) is 0 Å². The first-order chi connectivity index (χ1) is 6.53. The SMILES string of the molecule is CN(CC1CCCO1)CC(C)(N)C#N. The van der Waals surface area contributed by atoms with Crippen LogP contribution in [-0.4, -0.2) is 43.3 Å². The summed E-state index contributed by atoms with van der Waals surface area (Å²) in [5, 5.41) is 8.77. The number of nitrogens with zero attached hydrogens (tertiary/aromatic N) is 2. The average molecular weight is 197 g/mol.